The molecule has 2 atom stereocenters. The van der Waals surface area contributed by atoms with Crippen LogP contribution < -0.4 is 0 Å². The first-order valence-corrected chi connectivity index (χ1v) is 5.86. The minimum Gasteiger partial charge on any atom is -0.341 e. The Morgan fingerprint density at radius 3 is 2.38 bits per heavy atom. The van der Waals surface area contributed by atoms with Crippen LogP contribution in [0.15, 0.2) is 0 Å². The van der Waals surface area contributed by atoms with Crippen LogP contribution in [0.3, 0.4) is 0 Å². The Kier molecular flexibility index (Phi) is 4.62. The first kappa shape index (κ1) is 13.8. The molecule has 0 unspecified atom stereocenters. The van der Waals surface area contributed by atoms with Crippen molar-refractivity contribution >= 4 is 0 Å². The van der Waals surface area contributed by atoms with E-state index in [0.717, 1.165) is 25.7 Å². The van der Waals surface area contributed by atoms with Crippen molar-refractivity contribution in [1.82, 2.24) is 0 Å². The molecule has 1 saturated heterocycles. The van der Waals surface area contributed by atoms with E-state index in [4.69, 9.17) is 9.47 Å². The molecule has 0 saturated carbocycles. The van der Waals surface area contributed by atoms with E-state index in [1.165, 1.54) is 0 Å². The molecule has 0 N–H and O–H groups in total. The third-order valence-corrected chi connectivity index (χ3v) is 2.76. The van der Waals surface area contributed by atoms with Crippen LogP contribution in [0.2, 0.25) is 0 Å². The Balaban J connectivity index is 2.35. The van der Waals surface area contributed by atoms with Crippen LogP contribution in [0.5, 0.6) is 0 Å². The zero-order chi connectivity index (χ0) is 12.2. The van der Waals surface area contributed by atoms with Crippen molar-refractivity contribution in [2.75, 3.05) is 6.61 Å². The van der Waals surface area contributed by atoms with E-state index >= 15 is 0 Å². The Bertz CT molecular complexity index is 218. The molecule has 0 aliphatic carbocycles. The van der Waals surface area contributed by atoms with Gasteiger partial charge in [-0.2, -0.15) is 13.2 Å². The van der Waals surface area contributed by atoms with Gasteiger partial charge in [0.25, 0.3) is 5.79 Å². The summed E-state index contributed by atoms with van der Waals surface area (Å²) >= 11 is 0. The Morgan fingerprint density at radius 2 is 1.88 bits per heavy atom. The SMILES string of the molecule is CCCCCC[C@H]1O[C@]1(OCC)C(F)(F)F. The van der Waals surface area contributed by atoms with Crippen LogP contribution in [0.1, 0.15) is 46.0 Å². The van der Waals surface area contributed by atoms with Gasteiger partial charge < -0.3 is 9.47 Å². The van der Waals surface area contributed by atoms with Crippen molar-refractivity contribution in [1.29, 1.82) is 0 Å². The molecule has 0 aromatic carbocycles. The molecule has 16 heavy (non-hydrogen) atoms. The highest BCUT2D eigenvalue weighted by Crippen LogP contribution is 2.52. The van der Waals surface area contributed by atoms with Gasteiger partial charge in [-0.05, 0) is 13.3 Å². The van der Waals surface area contributed by atoms with Crippen molar-refractivity contribution < 1.29 is 22.6 Å². The zero-order valence-corrected chi connectivity index (χ0v) is 9.77. The van der Waals surface area contributed by atoms with Crippen LogP contribution in [0.4, 0.5) is 13.2 Å². The molecule has 2 nitrogen and oxygen atoms in total. The molecular formula is C11H19F3O2. The highest BCUT2D eigenvalue weighted by molar-refractivity contribution is 5.00. The van der Waals surface area contributed by atoms with E-state index in [0.29, 0.717) is 6.42 Å². The van der Waals surface area contributed by atoms with Gasteiger partial charge in [0.05, 0.1) is 0 Å². The van der Waals surface area contributed by atoms with E-state index in [1.54, 1.807) is 6.92 Å². The minimum atomic E-state index is -4.42. The number of rotatable bonds is 7. The summed E-state index contributed by atoms with van der Waals surface area (Å²) in [6.45, 7) is 3.63. The largest absolute Gasteiger partial charge is 0.446 e. The maximum absolute atomic E-state index is 12.7. The quantitative estimate of drug-likeness (QED) is 0.500. The number of alkyl halides is 3. The van der Waals surface area contributed by atoms with Crippen molar-refractivity contribution in [2.45, 2.75) is 64.0 Å². The van der Waals surface area contributed by atoms with Crippen LogP contribution >= 0.6 is 0 Å². The van der Waals surface area contributed by atoms with Crippen molar-refractivity contribution in [3.05, 3.63) is 0 Å². The first-order valence-electron chi connectivity index (χ1n) is 5.86. The highest BCUT2D eigenvalue weighted by atomic mass is 19.4. The van der Waals surface area contributed by atoms with Gasteiger partial charge in [0.1, 0.15) is 6.10 Å². The summed E-state index contributed by atoms with van der Waals surface area (Å²) < 4.78 is 47.4. The number of hydrogen-bond acceptors (Lipinski definition) is 2. The lowest BCUT2D eigenvalue weighted by Crippen LogP contribution is -2.38. The van der Waals surface area contributed by atoms with Crippen LogP contribution in [-0.4, -0.2) is 24.7 Å². The molecular weight excluding hydrogens is 221 g/mol. The smallest absolute Gasteiger partial charge is 0.341 e. The summed E-state index contributed by atoms with van der Waals surface area (Å²) in [4.78, 5) is 0. The van der Waals surface area contributed by atoms with Crippen LogP contribution in [-0.2, 0) is 9.47 Å². The first-order chi connectivity index (χ1) is 7.48. The number of unbranched alkanes of at least 4 members (excludes halogenated alkanes) is 3. The Labute approximate surface area is 94.1 Å². The van der Waals surface area contributed by atoms with Gasteiger partial charge in [-0.15, -0.1) is 0 Å². The van der Waals surface area contributed by atoms with E-state index in [-0.39, 0.29) is 6.61 Å². The standard InChI is InChI=1S/C11H19F3O2/c1-3-5-6-7-8-9-10(16-9,15-4-2)11(12,13)14/h9H,3-8H2,1-2H3/t9-,10+/m1/s1. The lowest BCUT2D eigenvalue weighted by Gasteiger charge is -2.16. The molecule has 0 aromatic heterocycles. The Hall–Kier alpha value is -0.290. The molecule has 1 heterocycles. The van der Waals surface area contributed by atoms with Crippen molar-refractivity contribution in [2.24, 2.45) is 0 Å². The molecule has 0 aromatic rings. The Morgan fingerprint density at radius 1 is 1.19 bits per heavy atom. The van der Waals surface area contributed by atoms with E-state index < -0.39 is 18.1 Å². The molecule has 96 valence electrons. The van der Waals surface area contributed by atoms with Gasteiger partial charge in [-0.1, -0.05) is 32.6 Å². The lowest BCUT2D eigenvalue weighted by atomic mass is 10.1. The predicted molar refractivity (Wildman–Crippen MR) is 54.0 cm³/mol. The molecule has 1 aliphatic rings. The van der Waals surface area contributed by atoms with E-state index in [9.17, 15) is 13.2 Å². The average Bonchev–Trinajstić information content (AvgIpc) is 2.88. The van der Waals surface area contributed by atoms with Gasteiger partial charge in [0.2, 0.25) is 0 Å². The fraction of sp³-hybridized carbons (Fsp3) is 1.00. The second kappa shape index (κ2) is 5.36. The van der Waals surface area contributed by atoms with E-state index in [1.807, 2.05) is 0 Å². The normalized spacial score (nSPS) is 29.4. The molecule has 0 bridgehead atoms. The van der Waals surface area contributed by atoms with Crippen LogP contribution in [0, 0.1) is 0 Å². The number of hydrogen-bond donors (Lipinski definition) is 0. The van der Waals surface area contributed by atoms with Gasteiger partial charge in [0, 0.05) is 6.61 Å². The average molecular weight is 240 g/mol. The van der Waals surface area contributed by atoms with Gasteiger partial charge in [-0.3, -0.25) is 0 Å². The summed E-state index contributed by atoms with van der Waals surface area (Å²) in [7, 11) is 0. The second-order valence-electron chi connectivity index (χ2n) is 4.05. The maximum atomic E-state index is 12.7. The predicted octanol–water partition coefficient (Wildman–Crippen LogP) is 3.65. The highest BCUT2D eigenvalue weighted by Gasteiger charge is 2.74. The second-order valence-corrected chi connectivity index (χ2v) is 4.05. The summed E-state index contributed by atoms with van der Waals surface area (Å²) in [5, 5.41) is 0. The molecule has 0 spiro atoms. The fourth-order valence-corrected chi connectivity index (χ4v) is 1.86. The van der Waals surface area contributed by atoms with Gasteiger partial charge in [0.15, 0.2) is 0 Å². The molecule has 0 amide bonds. The third-order valence-electron chi connectivity index (χ3n) is 2.76. The summed E-state index contributed by atoms with van der Waals surface area (Å²) in [6.07, 6.45) is -0.941. The van der Waals surface area contributed by atoms with E-state index in [2.05, 4.69) is 6.92 Å². The lowest BCUT2D eigenvalue weighted by molar-refractivity contribution is -0.270. The monoisotopic (exact) mass is 240 g/mol. The van der Waals surface area contributed by atoms with Crippen molar-refractivity contribution in [3.8, 4) is 0 Å². The number of halogens is 3. The molecule has 1 rings (SSSR count). The minimum absolute atomic E-state index is 0.0188. The zero-order valence-electron chi connectivity index (χ0n) is 9.77. The summed E-state index contributed by atoms with van der Waals surface area (Å²) in [5.41, 5.74) is 0. The third kappa shape index (κ3) is 2.88. The molecule has 1 aliphatic heterocycles. The molecule has 1 fully saturated rings. The molecule has 5 heteroatoms. The van der Waals surface area contributed by atoms with Gasteiger partial charge >= 0.3 is 6.18 Å². The number of epoxide rings is 1. The van der Waals surface area contributed by atoms with Gasteiger partial charge in [-0.25, -0.2) is 0 Å². The fourth-order valence-electron chi connectivity index (χ4n) is 1.86. The van der Waals surface area contributed by atoms with Crippen molar-refractivity contribution in [3.63, 3.8) is 0 Å². The maximum Gasteiger partial charge on any atom is 0.446 e. The molecule has 0 radical (unpaired) electrons. The topological polar surface area (TPSA) is 21.8 Å². The number of ether oxygens (including phenoxy) is 2. The van der Waals surface area contributed by atoms with Crippen LogP contribution in [0.25, 0.3) is 0 Å². The summed E-state index contributed by atoms with van der Waals surface area (Å²) in [6, 6.07) is 0. The summed E-state index contributed by atoms with van der Waals surface area (Å²) in [5.74, 6) is -2.30.